The fraction of sp³-hybridized carbons (Fsp3) is 0.385. The van der Waals surface area contributed by atoms with Crippen molar-refractivity contribution in [3.63, 3.8) is 0 Å². The van der Waals surface area contributed by atoms with Crippen LogP contribution in [0.15, 0.2) is 18.2 Å². The van der Waals surface area contributed by atoms with E-state index in [1.165, 1.54) is 4.90 Å². The lowest BCUT2D eigenvalue weighted by Crippen LogP contribution is -2.43. The molecule has 0 saturated heterocycles. The van der Waals surface area contributed by atoms with Gasteiger partial charge in [-0.3, -0.25) is 4.79 Å². The van der Waals surface area contributed by atoms with E-state index in [4.69, 9.17) is 14.6 Å². The van der Waals surface area contributed by atoms with E-state index >= 15 is 0 Å². The fourth-order valence-corrected chi connectivity index (χ4v) is 1.80. The van der Waals surface area contributed by atoms with Crippen LogP contribution in [0.25, 0.3) is 0 Å². The first kappa shape index (κ1) is 14.0. The number of hydrogen-bond acceptors (Lipinski definition) is 4. The summed E-state index contributed by atoms with van der Waals surface area (Å²) in [5.74, 6) is 0.117. The molecule has 1 heterocycles. The lowest BCUT2D eigenvalue weighted by atomic mass is 10.2. The number of aliphatic carboxylic acids is 1. The van der Waals surface area contributed by atoms with E-state index in [9.17, 15) is 9.59 Å². The Morgan fingerprint density at radius 2 is 2.05 bits per heavy atom. The Kier molecular flexibility index (Phi) is 3.97. The summed E-state index contributed by atoms with van der Waals surface area (Å²) in [6.45, 7) is 3.31. The monoisotopic (exact) mass is 280 g/mol. The Morgan fingerprint density at radius 1 is 1.35 bits per heavy atom. The zero-order chi connectivity index (χ0) is 14.7. The van der Waals surface area contributed by atoms with Crippen LogP contribution < -0.4 is 14.8 Å². The normalized spacial score (nSPS) is 12.3. The molecule has 20 heavy (non-hydrogen) atoms. The number of benzene rings is 1. The Labute approximate surface area is 116 Å². The average Bonchev–Trinajstić information content (AvgIpc) is 2.82. The number of carbonyl (C=O) groups excluding carboxylic acids is 1. The molecular weight excluding hydrogens is 264 g/mol. The summed E-state index contributed by atoms with van der Waals surface area (Å²) >= 11 is 0. The molecule has 0 bridgehead atoms. The first-order chi connectivity index (χ1) is 9.47. The minimum Gasteiger partial charge on any atom is -0.480 e. The first-order valence-electron chi connectivity index (χ1n) is 6.16. The summed E-state index contributed by atoms with van der Waals surface area (Å²) in [6, 6.07) is 4.31. The highest BCUT2D eigenvalue weighted by Gasteiger charge is 2.21. The highest BCUT2D eigenvalue weighted by molar-refractivity contribution is 5.91. The zero-order valence-electron chi connectivity index (χ0n) is 11.3. The second-order valence-electron chi connectivity index (χ2n) is 4.61. The molecular formula is C13H16N2O5. The molecule has 0 unspecified atom stereocenters. The maximum atomic E-state index is 12.1. The van der Waals surface area contributed by atoms with Gasteiger partial charge in [0.05, 0.1) is 0 Å². The van der Waals surface area contributed by atoms with Crippen LogP contribution >= 0.6 is 0 Å². The summed E-state index contributed by atoms with van der Waals surface area (Å²) in [6.07, 6.45) is 0. The molecule has 7 nitrogen and oxygen atoms in total. The van der Waals surface area contributed by atoms with E-state index < -0.39 is 12.0 Å². The fourth-order valence-electron chi connectivity index (χ4n) is 1.80. The molecule has 108 valence electrons. The van der Waals surface area contributed by atoms with Crippen LogP contribution in [0.4, 0.5) is 10.5 Å². The highest BCUT2D eigenvalue weighted by atomic mass is 16.7. The molecule has 0 aliphatic carbocycles. The molecule has 2 N–H and O–H groups in total. The van der Waals surface area contributed by atoms with Crippen LogP contribution in [0.3, 0.4) is 0 Å². The molecule has 0 atom stereocenters. The Morgan fingerprint density at radius 3 is 2.70 bits per heavy atom. The largest absolute Gasteiger partial charge is 0.480 e. The number of rotatable bonds is 4. The first-order valence-corrected chi connectivity index (χ1v) is 6.16. The summed E-state index contributed by atoms with van der Waals surface area (Å²) in [4.78, 5) is 24.1. The van der Waals surface area contributed by atoms with Crippen molar-refractivity contribution in [3.8, 4) is 11.5 Å². The maximum Gasteiger partial charge on any atom is 0.323 e. The lowest BCUT2D eigenvalue weighted by Gasteiger charge is -2.25. The van der Waals surface area contributed by atoms with Gasteiger partial charge < -0.3 is 24.8 Å². The Balaban J connectivity index is 2.07. The lowest BCUT2D eigenvalue weighted by molar-refractivity contribution is -0.137. The van der Waals surface area contributed by atoms with E-state index in [1.54, 1.807) is 32.0 Å². The van der Waals surface area contributed by atoms with Crippen molar-refractivity contribution in [2.24, 2.45) is 0 Å². The Bertz CT molecular complexity index is 529. The van der Waals surface area contributed by atoms with Crippen LogP contribution in [0.1, 0.15) is 13.8 Å². The van der Waals surface area contributed by atoms with Crippen molar-refractivity contribution in [3.05, 3.63) is 18.2 Å². The molecule has 1 aliphatic heterocycles. The summed E-state index contributed by atoms with van der Waals surface area (Å²) < 4.78 is 10.4. The maximum absolute atomic E-state index is 12.1. The van der Waals surface area contributed by atoms with Crippen LogP contribution in [0, 0.1) is 0 Å². The Hall–Kier alpha value is -2.44. The van der Waals surface area contributed by atoms with Gasteiger partial charge in [-0.2, -0.15) is 0 Å². The number of nitrogens with one attached hydrogen (secondary N) is 1. The number of amides is 2. The third kappa shape index (κ3) is 3.11. The van der Waals surface area contributed by atoms with Gasteiger partial charge in [-0.25, -0.2) is 4.79 Å². The van der Waals surface area contributed by atoms with Gasteiger partial charge in [-0.15, -0.1) is 0 Å². The van der Waals surface area contributed by atoms with Gasteiger partial charge in [0.1, 0.15) is 6.54 Å². The molecule has 0 aromatic heterocycles. The number of ether oxygens (including phenoxy) is 2. The number of nitrogens with zero attached hydrogens (tertiary/aromatic N) is 1. The number of fused-ring (bicyclic) bond motifs is 1. The number of hydrogen-bond donors (Lipinski definition) is 2. The van der Waals surface area contributed by atoms with Gasteiger partial charge in [0, 0.05) is 17.8 Å². The second-order valence-corrected chi connectivity index (χ2v) is 4.61. The van der Waals surface area contributed by atoms with Crippen LogP contribution in [0.2, 0.25) is 0 Å². The molecule has 2 rings (SSSR count). The highest BCUT2D eigenvalue weighted by Crippen LogP contribution is 2.34. The van der Waals surface area contributed by atoms with Gasteiger partial charge in [-0.05, 0) is 26.0 Å². The van der Waals surface area contributed by atoms with Crippen molar-refractivity contribution in [1.82, 2.24) is 4.90 Å². The van der Waals surface area contributed by atoms with Crippen molar-refractivity contribution in [2.75, 3.05) is 18.7 Å². The number of urea groups is 1. The van der Waals surface area contributed by atoms with Crippen molar-refractivity contribution in [1.29, 1.82) is 0 Å². The van der Waals surface area contributed by atoms with Crippen LogP contribution in [-0.2, 0) is 4.79 Å². The molecule has 1 aromatic carbocycles. The molecule has 1 aliphatic rings. The molecule has 7 heteroatoms. The SMILES string of the molecule is CC(C)N(CC(=O)O)C(=O)Nc1ccc2c(c1)OCO2. The predicted octanol–water partition coefficient (Wildman–Crippen LogP) is 1.74. The molecule has 0 saturated carbocycles. The van der Waals surface area contributed by atoms with Crippen molar-refractivity contribution in [2.45, 2.75) is 19.9 Å². The molecule has 1 aromatic rings. The zero-order valence-corrected chi connectivity index (χ0v) is 11.3. The number of anilines is 1. The number of carbonyl (C=O) groups is 2. The topological polar surface area (TPSA) is 88.1 Å². The number of carboxylic acid groups (broad SMARTS) is 1. The predicted molar refractivity (Wildman–Crippen MR) is 71.1 cm³/mol. The molecule has 0 spiro atoms. The minimum atomic E-state index is -1.06. The molecule has 0 fully saturated rings. The minimum absolute atomic E-state index is 0.157. The van der Waals surface area contributed by atoms with Gasteiger partial charge in [0.25, 0.3) is 0 Å². The summed E-state index contributed by atoms with van der Waals surface area (Å²) in [5, 5.41) is 11.5. The van der Waals surface area contributed by atoms with Gasteiger partial charge >= 0.3 is 12.0 Å². The van der Waals surface area contributed by atoms with Crippen molar-refractivity contribution >= 4 is 17.7 Å². The van der Waals surface area contributed by atoms with E-state index in [-0.39, 0.29) is 19.4 Å². The quantitative estimate of drug-likeness (QED) is 0.877. The van der Waals surface area contributed by atoms with E-state index in [1.807, 2.05) is 0 Å². The van der Waals surface area contributed by atoms with Crippen LogP contribution in [-0.4, -0.2) is 41.4 Å². The third-order valence-electron chi connectivity index (χ3n) is 2.81. The average molecular weight is 280 g/mol. The third-order valence-corrected chi connectivity index (χ3v) is 2.81. The van der Waals surface area contributed by atoms with Gasteiger partial charge in [0.15, 0.2) is 11.5 Å². The number of carboxylic acids is 1. The summed E-state index contributed by atoms with van der Waals surface area (Å²) in [5.41, 5.74) is 0.523. The smallest absolute Gasteiger partial charge is 0.323 e. The second kappa shape index (κ2) is 5.68. The standard InChI is InChI=1S/C13H16N2O5/c1-8(2)15(6-12(16)17)13(18)14-9-3-4-10-11(5-9)20-7-19-10/h3-5,8H,6-7H2,1-2H3,(H,14,18)(H,16,17). The summed E-state index contributed by atoms with van der Waals surface area (Å²) in [7, 11) is 0. The van der Waals surface area contributed by atoms with Gasteiger partial charge in [-0.1, -0.05) is 0 Å². The molecule has 0 radical (unpaired) electrons. The van der Waals surface area contributed by atoms with E-state index in [2.05, 4.69) is 5.32 Å². The van der Waals surface area contributed by atoms with Crippen molar-refractivity contribution < 1.29 is 24.2 Å². The van der Waals surface area contributed by atoms with E-state index in [0.29, 0.717) is 17.2 Å². The molecule has 2 amide bonds. The van der Waals surface area contributed by atoms with E-state index in [0.717, 1.165) is 0 Å². The van der Waals surface area contributed by atoms with Crippen LogP contribution in [0.5, 0.6) is 11.5 Å². The van der Waals surface area contributed by atoms with Gasteiger partial charge in [0.2, 0.25) is 6.79 Å².